The fraction of sp³-hybridized carbons (Fsp3) is 0.217. The second-order valence-electron chi connectivity index (χ2n) is 6.80. The average molecular weight is 406 g/mol. The Morgan fingerprint density at radius 1 is 1.17 bits per heavy atom. The molecule has 0 spiro atoms. The van der Waals surface area contributed by atoms with Crippen LogP contribution in [0.15, 0.2) is 54.9 Å². The minimum absolute atomic E-state index is 0.113. The molecule has 0 atom stereocenters. The molecule has 0 bridgehead atoms. The van der Waals surface area contributed by atoms with Gasteiger partial charge in [0.1, 0.15) is 18.6 Å². The number of halogens is 1. The standard InChI is InChI=1S/C23H20ClN3O2/c1-26-15-21-19(10-6-13-29-14-12-17-7-3-2-4-8-17)25-16-27(21)20-11-5-9-18(24)22(20)23(26)28/h2-5,7-9,11,16H,12-15H2,1H3. The lowest BCUT2D eigenvalue weighted by Crippen LogP contribution is -2.25. The van der Waals surface area contributed by atoms with Crippen LogP contribution < -0.4 is 0 Å². The van der Waals surface area contributed by atoms with Gasteiger partial charge in [0.25, 0.3) is 5.91 Å². The SMILES string of the molecule is CN1Cc2c(C#CCOCCc3ccccc3)ncn2-c2cccc(Cl)c2C1=O. The summed E-state index contributed by atoms with van der Waals surface area (Å²) >= 11 is 6.30. The lowest BCUT2D eigenvalue weighted by molar-refractivity contribution is 0.0788. The average Bonchev–Trinajstić information content (AvgIpc) is 3.08. The summed E-state index contributed by atoms with van der Waals surface area (Å²) in [6.45, 7) is 1.35. The lowest BCUT2D eigenvalue weighted by Gasteiger charge is -2.14. The van der Waals surface area contributed by atoms with Gasteiger partial charge in [-0.3, -0.25) is 9.36 Å². The van der Waals surface area contributed by atoms with Gasteiger partial charge in [-0.25, -0.2) is 4.98 Å². The highest BCUT2D eigenvalue weighted by atomic mass is 35.5. The molecule has 0 saturated heterocycles. The molecule has 4 rings (SSSR count). The third-order valence-corrected chi connectivity index (χ3v) is 5.14. The number of hydrogen-bond donors (Lipinski definition) is 0. The highest BCUT2D eigenvalue weighted by Crippen LogP contribution is 2.30. The van der Waals surface area contributed by atoms with Gasteiger partial charge in [0.05, 0.1) is 35.1 Å². The number of ether oxygens (including phenoxy) is 1. The number of nitrogens with zero attached hydrogens (tertiary/aromatic N) is 3. The summed E-state index contributed by atoms with van der Waals surface area (Å²) in [5.41, 5.74) is 3.95. The molecular weight excluding hydrogens is 386 g/mol. The Bertz CT molecular complexity index is 1100. The van der Waals surface area contributed by atoms with Crippen molar-refractivity contribution in [1.29, 1.82) is 0 Å². The van der Waals surface area contributed by atoms with E-state index in [-0.39, 0.29) is 5.91 Å². The molecule has 1 amide bonds. The predicted octanol–water partition coefficient (Wildman–Crippen LogP) is 3.72. The molecule has 29 heavy (non-hydrogen) atoms. The van der Waals surface area contributed by atoms with Crippen LogP contribution in [-0.4, -0.2) is 40.6 Å². The first-order valence-corrected chi connectivity index (χ1v) is 9.74. The van der Waals surface area contributed by atoms with Crippen molar-refractivity contribution in [2.45, 2.75) is 13.0 Å². The van der Waals surface area contributed by atoms with E-state index in [2.05, 4.69) is 29.0 Å². The smallest absolute Gasteiger partial charge is 0.257 e. The van der Waals surface area contributed by atoms with Crippen LogP contribution in [0.4, 0.5) is 0 Å². The van der Waals surface area contributed by atoms with Gasteiger partial charge in [-0.2, -0.15) is 0 Å². The highest BCUT2D eigenvalue weighted by molar-refractivity contribution is 6.34. The third kappa shape index (κ3) is 4.04. The number of rotatable bonds is 4. The lowest BCUT2D eigenvalue weighted by atomic mass is 10.1. The molecule has 0 aliphatic carbocycles. The molecule has 146 valence electrons. The van der Waals surface area contributed by atoms with E-state index in [1.807, 2.05) is 34.9 Å². The maximum absolute atomic E-state index is 12.7. The van der Waals surface area contributed by atoms with Crippen LogP contribution in [0.1, 0.15) is 27.3 Å². The normalized spacial score (nSPS) is 12.6. The second-order valence-corrected chi connectivity index (χ2v) is 7.20. The summed E-state index contributed by atoms with van der Waals surface area (Å²) in [5, 5.41) is 0.431. The van der Waals surface area contributed by atoms with Crippen LogP contribution in [0.2, 0.25) is 5.02 Å². The number of aromatic nitrogens is 2. The summed E-state index contributed by atoms with van der Waals surface area (Å²) in [6, 6.07) is 15.6. The van der Waals surface area contributed by atoms with E-state index in [1.165, 1.54) is 5.56 Å². The van der Waals surface area contributed by atoms with Crippen LogP contribution in [0, 0.1) is 11.8 Å². The predicted molar refractivity (Wildman–Crippen MR) is 112 cm³/mol. The van der Waals surface area contributed by atoms with Crippen LogP contribution >= 0.6 is 11.6 Å². The molecule has 0 radical (unpaired) electrons. The van der Waals surface area contributed by atoms with Crippen LogP contribution in [0.5, 0.6) is 0 Å². The molecular formula is C23H20ClN3O2. The number of hydrogen-bond acceptors (Lipinski definition) is 3. The molecule has 0 saturated carbocycles. The summed E-state index contributed by atoms with van der Waals surface area (Å²) in [7, 11) is 1.75. The Hall–Kier alpha value is -3.07. The van der Waals surface area contributed by atoms with Gasteiger partial charge >= 0.3 is 0 Å². The first kappa shape index (κ1) is 19.3. The fourth-order valence-corrected chi connectivity index (χ4v) is 3.58. The molecule has 5 nitrogen and oxygen atoms in total. The van der Waals surface area contributed by atoms with Crippen molar-refractivity contribution in [1.82, 2.24) is 14.5 Å². The van der Waals surface area contributed by atoms with Crippen LogP contribution in [0.3, 0.4) is 0 Å². The minimum Gasteiger partial charge on any atom is -0.368 e. The Balaban J connectivity index is 1.49. The molecule has 0 unspecified atom stereocenters. The van der Waals surface area contributed by atoms with Crippen molar-refractivity contribution in [2.75, 3.05) is 20.3 Å². The summed E-state index contributed by atoms with van der Waals surface area (Å²) < 4.78 is 7.52. The van der Waals surface area contributed by atoms with E-state index in [1.54, 1.807) is 24.3 Å². The fourth-order valence-electron chi connectivity index (χ4n) is 3.33. The number of carbonyl (C=O) groups excluding carboxylic acids is 1. The number of imidazole rings is 1. The van der Waals surface area contributed by atoms with Crippen molar-refractivity contribution in [3.8, 4) is 17.5 Å². The van der Waals surface area contributed by atoms with Crippen molar-refractivity contribution >= 4 is 17.5 Å². The zero-order chi connectivity index (χ0) is 20.2. The van der Waals surface area contributed by atoms with E-state index in [4.69, 9.17) is 16.3 Å². The largest absolute Gasteiger partial charge is 0.368 e. The first-order chi connectivity index (χ1) is 14.1. The van der Waals surface area contributed by atoms with Crippen molar-refractivity contribution < 1.29 is 9.53 Å². The van der Waals surface area contributed by atoms with Crippen molar-refractivity contribution in [2.24, 2.45) is 0 Å². The molecule has 2 aromatic carbocycles. The van der Waals surface area contributed by atoms with Gasteiger partial charge in [-0.05, 0) is 30.0 Å². The molecule has 1 aliphatic rings. The Labute approximate surface area is 174 Å². The number of carbonyl (C=O) groups is 1. The number of amides is 1. The number of benzene rings is 2. The molecule has 3 aromatic rings. The van der Waals surface area contributed by atoms with Crippen molar-refractivity contribution in [3.63, 3.8) is 0 Å². The molecule has 1 aliphatic heterocycles. The van der Waals surface area contributed by atoms with Crippen LogP contribution in [0.25, 0.3) is 5.69 Å². The van der Waals surface area contributed by atoms with Crippen molar-refractivity contribution in [3.05, 3.63) is 82.4 Å². The maximum atomic E-state index is 12.7. The zero-order valence-corrected chi connectivity index (χ0v) is 16.8. The van der Waals surface area contributed by atoms with E-state index in [9.17, 15) is 4.79 Å². The van der Waals surface area contributed by atoms with E-state index >= 15 is 0 Å². The van der Waals surface area contributed by atoms with Crippen LogP contribution in [-0.2, 0) is 17.7 Å². The molecule has 6 heteroatoms. The Morgan fingerprint density at radius 3 is 2.83 bits per heavy atom. The van der Waals surface area contributed by atoms with Gasteiger partial charge in [-0.15, -0.1) is 0 Å². The third-order valence-electron chi connectivity index (χ3n) is 4.82. The Kier molecular flexibility index (Phi) is 5.66. The molecule has 0 fully saturated rings. The van der Waals surface area contributed by atoms with Gasteiger partial charge in [0, 0.05) is 7.05 Å². The van der Waals surface area contributed by atoms with Gasteiger partial charge in [0.2, 0.25) is 0 Å². The second kappa shape index (κ2) is 8.52. The summed E-state index contributed by atoms with van der Waals surface area (Å²) in [6.07, 6.45) is 2.55. The topological polar surface area (TPSA) is 47.4 Å². The summed E-state index contributed by atoms with van der Waals surface area (Å²) in [5.74, 6) is 6.00. The molecule has 1 aromatic heterocycles. The maximum Gasteiger partial charge on any atom is 0.257 e. The quantitative estimate of drug-likeness (QED) is 0.491. The van der Waals surface area contributed by atoms with Gasteiger partial charge in [-0.1, -0.05) is 53.9 Å². The molecule has 0 N–H and O–H groups in total. The monoisotopic (exact) mass is 405 g/mol. The minimum atomic E-state index is -0.113. The summed E-state index contributed by atoms with van der Waals surface area (Å²) in [4.78, 5) is 18.8. The van der Waals surface area contributed by atoms with E-state index in [0.717, 1.165) is 17.8 Å². The van der Waals surface area contributed by atoms with Gasteiger partial charge < -0.3 is 9.64 Å². The van der Waals surface area contributed by atoms with E-state index in [0.29, 0.717) is 36.0 Å². The molecule has 2 heterocycles. The van der Waals surface area contributed by atoms with E-state index < -0.39 is 0 Å². The highest BCUT2D eigenvalue weighted by Gasteiger charge is 2.27. The number of fused-ring (bicyclic) bond motifs is 3. The first-order valence-electron chi connectivity index (χ1n) is 9.36. The van der Waals surface area contributed by atoms with Gasteiger partial charge in [0.15, 0.2) is 0 Å². The Morgan fingerprint density at radius 2 is 2.00 bits per heavy atom. The zero-order valence-electron chi connectivity index (χ0n) is 16.1.